The van der Waals surface area contributed by atoms with Crippen molar-refractivity contribution in [2.75, 3.05) is 17.2 Å². The molecular formula is C21H23ClN4. The molecule has 0 saturated carbocycles. The maximum Gasteiger partial charge on any atom is 0.225 e. The summed E-state index contributed by atoms with van der Waals surface area (Å²) in [6, 6.07) is 18.3. The topological polar surface area (TPSA) is 49.8 Å². The van der Waals surface area contributed by atoms with Crippen LogP contribution in [0.15, 0.2) is 54.6 Å². The van der Waals surface area contributed by atoms with Gasteiger partial charge in [-0.2, -0.15) is 4.98 Å². The lowest BCUT2D eigenvalue weighted by molar-refractivity contribution is 0.981. The number of aryl methyl sites for hydroxylation is 2. The summed E-state index contributed by atoms with van der Waals surface area (Å²) in [6.45, 7) is 5.56. The SMILES string of the molecule is Cc1ccc(CNc2nc(C)cc(NCCc3ccc(Cl)cc3)n2)cc1. The number of nitrogens with one attached hydrogen (secondary N) is 2. The molecule has 2 aromatic carbocycles. The molecule has 134 valence electrons. The highest BCUT2D eigenvalue weighted by molar-refractivity contribution is 6.30. The summed E-state index contributed by atoms with van der Waals surface area (Å²) in [4.78, 5) is 9.02. The zero-order valence-corrected chi connectivity index (χ0v) is 15.8. The summed E-state index contributed by atoms with van der Waals surface area (Å²) < 4.78 is 0. The molecule has 0 bridgehead atoms. The number of anilines is 2. The second kappa shape index (κ2) is 8.68. The van der Waals surface area contributed by atoms with Crippen LogP contribution >= 0.6 is 11.6 Å². The minimum Gasteiger partial charge on any atom is -0.370 e. The molecule has 0 fully saturated rings. The second-order valence-electron chi connectivity index (χ2n) is 6.36. The molecule has 3 aromatic rings. The lowest BCUT2D eigenvalue weighted by atomic mass is 10.1. The maximum atomic E-state index is 5.92. The van der Waals surface area contributed by atoms with Crippen LogP contribution in [0.5, 0.6) is 0 Å². The second-order valence-corrected chi connectivity index (χ2v) is 6.80. The number of hydrogen-bond acceptors (Lipinski definition) is 4. The molecule has 0 aliphatic carbocycles. The van der Waals surface area contributed by atoms with E-state index < -0.39 is 0 Å². The Morgan fingerprint density at radius 3 is 2.27 bits per heavy atom. The van der Waals surface area contributed by atoms with Crippen molar-refractivity contribution in [3.63, 3.8) is 0 Å². The molecule has 0 unspecified atom stereocenters. The fourth-order valence-electron chi connectivity index (χ4n) is 2.61. The van der Waals surface area contributed by atoms with Crippen molar-refractivity contribution < 1.29 is 0 Å². The molecule has 3 rings (SSSR count). The van der Waals surface area contributed by atoms with Gasteiger partial charge in [-0.15, -0.1) is 0 Å². The molecule has 0 aliphatic rings. The Labute approximate surface area is 159 Å². The van der Waals surface area contributed by atoms with Crippen LogP contribution < -0.4 is 10.6 Å². The lowest BCUT2D eigenvalue weighted by Crippen LogP contribution is -2.10. The monoisotopic (exact) mass is 366 g/mol. The summed E-state index contributed by atoms with van der Waals surface area (Å²) in [7, 11) is 0. The fourth-order valence-corrected chi connectivity index (χ4v) is 2.74. The van der Waals surface area contributed by atoms with Crippen molar-refractivity contribution in [1.29, 1.82) is 0 Å². The highest BCUT2D eigenvalue weighted by Gasteiger charge is 2.03. The van der Waals surface area contributed by atoms with E-state index in [1.807, 2.05) is 37.3 Å². The molecule has 26 heavy (non-hydrogen) atoms. The van der Waals surface area contributed by atoms with Gasteiger partial charge in [0.15, 0.2) is 0 Å². The highest BCUT2D eigenvalue weighted by atomic mass is 35.5. The van der Waals surface area contributed by atoms with Gasteiger partial charge in [-0.3, -0.25) is 0 Å². The maximum absolute atomic E-state index is 5.92. The first-order valence-electron chi connectivity index (χ1n) is 8.72. The quantitative estimate of drug-likeness (QED) is 0.616. The van der Waals surface area contributed by atoms with Crippen molar-refractivity contribution in [2.45, 2.75) is 26.8 Å². The van der Waals surface area contributed by atoms with Crippen molar-refractivity contribution in [3.8, 4) is 0 Å². The van der Waals surface area contributed by atoms with Crippen LogP contribution in [0, 0.1) is 13.8 Å². The third-order valence-corrected chi connectivity index (χ3v) is 4.31. The van der Waals surface area contributed by atoms with E-state index >= 15 is 0 Å². The van der Waals surface area contributed by atoms with Crippen molar-refractivity contribution in [1.82, 2.24) is 9.97 Å². The summed E-state index contributed by atoms with van der Waals surface area (Å²) in [5.41, 5.74) is 4.64. The van der Waals surface area contributed by atoms with Gasteiger partial charge in [0.1, 0.15) is 5.82 Å². The standard InChI is InChI=1S/C21H23ClN4/c1-15-3-5-18(6-4-15)14-24-21-25-16(2)13-20(26-21)23-12-11-17-7-9-19(22)10-8-17/h3-10,13H,11-12,14H2,1-2H3,(H2,23,24,25,26). The molecule has 2 N–H and O–H groups in total. The predicted octanol–water partition coefficient (Wildman–Crippen LogP) is 5.01. The van der Waals surface area contributed by atoms with Gasteiger partial charge in [0.2, 0.25) is 5.95 Å². The zero-order valence-electron chi connectivity index (χ0n) is 15.1. The Kier molecular flexibility index (Phi) is 6.08. The van der Waals surface area contributed by atoms with Crippen LogP contribution in [0.1, 0.15) is 22.4 Å². The Bertz CT molecular complexity index is 845. The van der Waals surface area contributed by atoms with E-state index in [-0.39, 0.29) is 0 Å². The Hall–Kier alpha value is -2.59. The molecule has 1 heterocycles. The fraction of sp³-hybridized carbons (Fsp3) is 0.238. The van der Waals surface area contributed by atoms with Crippen LogP contribution in [0.25, 0.3) is 0 Å². The molecule has 0 saturated heterocycles. The van der Waals surface area contributed by atoms with Crippen LogP contribution in [-0.2, 0) is 13.0 Å². The van der Waals surface area contributed by atoms with Gasteiger partial charge in [0.25, 0.3) is 0 Å². The highest BCUT2D eigenvalue weighted by Crippen LogP contribution is 2.13. The molecule has 0 amide bonds. The Balaban J connectivity index is 1.56. The van der Waals surface area contributed by atoms with Crippen LogP contribution in [-0.4, -0.2) is 16.5 Å². The number of benzene rings is 2. The van der Waals surface area contributed by atoms with Gasteiger partial charge in [-0.05, 0) is 43.5 Å². The third-order valence-electron chi connectivity index (χ3n) is 4.06. The molecule has 4 nitrogen and oxygen atoms in total. The molecule has 0 spiro atoms. The first-order valence-corrected chi connectivity index (χ1v) is 9.10. The summed E-state index contributed by atoms with van der Waals surface area (Å²) in [5, 5.41) is 7.43. The Morgan fingerprint density at radius 2 is 1.54 bits per heavy atom. The molecule has 0 radical (unpaired) electrons. The van der Waals surface area contributed by atoms with E-state index in [4.69, 9.17) is 11.6 Å². The number of nitrogens with zero attached hydrogens (tertiary/aromatic N) is 2. The third kappa shape index (κ3) is 5.46. The predicted molar refractivity (Wildman–Crippen MR) is 109 cm³/mol. The van der Waals surface area contributed by atoms with Gasteiger partial charge >= 0.3 is 0 Å². The largest absolute Gasteiger partial charge is 0.370 e. The van der Waals surface area contributed by atoms with E-state index in [0.29, 0.717) is 12.5 Å². The zero-order chi connectivity index (χ0) is 18.4. The molecule has 0 aliphatic heterocycles. The average Bonchev–Trinajstić information content (AvgIpc) is 2.63. The first kappa shape index (κ1) is 18.2. The molecule has 1 aromatic heterocycles. The average molecular weight is 367 g/mol. The van der Waals surface area contributed by atoms with Gasteiger partial charge in [-0.25, -0.2) is 4.98 Å². The summed E-state index contributed by atoms with van der Waals surface area (Å²) in [6.07, 6.45) is 0.909. The van der Waals surface area contributed by atoms with E-state index in [1.165, 1.54) is 16.7 Å². The van der Waals surface area contributed by atoms with Gasteiger partial charge in [-0.1, -0.05) is 53.6 Å². The number of hydrogen-bond donors (Lipinski definition) is 2. The molecular weight excluding hydrogens is 344 g/mol. The van der Waals surface area contributed by atoms with Crippen LogP contribution in [0.4, 0.5) is 11.8 Å². The van der Waals surface area contributed by atoms with Gasteiger partial charge in [0.05, 0.1) is 0 Å². The van der Waals surface area contributed by atoms with E-state index in [0.717, 1.165) is 29.5 Å². The summed E-state index contributed by atoms with van der Waals surface area (Å²) >= 11 is 5.92. The van der Waals surface area contributed by atoms with Crippen molar-refractivity contribution >= 4 is 23.4 Å². The first-order chi connectivity index (χ1) is 12.6. The van der Waals surface area contributed by atoms with Crippen molar-refractivity contribution in [3.05, 3.63) is 82.0 Å². The van der Waals surface area contributed by atoms with E-state index in [9.17, 15) is 0 Å². The normalized spacial score (nSPS) is 10.6. The minimum atomic E-state index is 0.638. The van der Waals surface area contributed by atoms with Crippen LogP contribution in [0.3, 0.4) is 0 Å². The molecule has 5 heteroatoms. The van der Waals surface area contributed by atoms with Crippen molar-refractivity contribution in [2.24, 2.45) is 0 Å². The minimum absolute atomic E-state index is 0.638. The smallest absolute Gasteiger partial charge is 0.225 e. The number of halogens is 1. The van der Waals surface area contributed by atoms with Gasteiger partial charge in [0, 0.05) is 29.9 Å². The van der Waals surface area contributed by atoms with E-state index in [1.54, 1.807) is 0 Å². The van der Waals surface area contributed by atoms with Gasteiger partial charge < -0.3 is 10.6 Å². The summed E-state index contributed by atoms with van der Waals surface area (Å²) in [5.74, 6) is 1.47. The number of rotatable bonds is 7. The Morgan fingerprint density at radius 1 is 0.846 bits per heavy atom. The number of aromatic nitrogens is 2. The molecule has 0 atom stereocenters. The van der Waals surface area contributed by atoms with Crippen LogP contribution in [0.2, 0.25) is 5.02 Å². The van der Waals surface area contributed by atoms with E-state index in [2.05, 4.69) is 51.8 Å². The lowest BCUT2D eigenvalue weighted by Gasteiger charge is -2.10.